The average Bonchev–Trinajstić information content (AvgIpc) is 2.97. The maximum atomic E-state index is 12.8. The van der Waals surface area contributed by atoms with Gasteiger partial charge in [0.05, 0.1) is 18.7 Å². The molecule has 0 aliphatic carbocycles. The number of ether oxygens (including phenoxy) is 2. The van der Waals surface area contributed by atoms with E-state index in [0.717, 1.165) is 53.5 Å². The highest BCUT2D eigenvalue weighted by atomic mass is 16.5. The first-order valence-electron chi connectivity index (χ1n) is 12.9. The SMILES string of the molecule is CCN(CC)CCOc1ccc(C(O)(c2ccc(OC)cc2)C(c2ccccc2)c2ccccn2)cc1. The highest BCUT2D eigenvalue weighted by molar-refractivity contribution is 5.48. The molecule has 1 heterocycles. The van der Waals surface area contributed by atoms with Crippen molar-refractivity contribution in [1.29, 1.82) is 0 Å². The predicted octanol–water partition coefficient (Wildman–Crippen LogP) is 5.88. The van der Waals surface area contributed by atoms with Crippen LogP contribution in [0.3, 0.4) is 0 Å². The Kier molecular flexibility index (Phi) is 8.94. The van der Waals surface area contributed by atoms with Crippen molar-refractivity contribution in [2.75, 3.05) is 33.4 Å². The number of hydrogen-bond acceptors (Lipinski definition) is 5. The van der Waals surface area contributed by atoms with E-state index in [-0.39, 0.29) is 0 Å². The van der Waals surface area contributed by atoms with E-state index in [4.69, 9.17) is 9.47 Å². The Morgan fingerprint density at radius 1 is 0.784 bits per heavy atom. The lowest BCUT2D eigenvalue weighted by Gasteiger charge is -2.37. The molecule has 192 valence electrons. The summed E-state index contributed by atoms with van der Waals surface area (Å²) in [6.45, 7) is 7.81. The quantitative estimate of drug-likeness (QED) is 0.266. The third kappa shape index (κ3) is 6.01. The number of aromatic nitrogens is 1. The summed E-state index contributed by atoms with van der Waals surface area (Å²) in [5.41, 5.74) is 1.86. The van der Waals surface area contributed by atoms with Crippen molar-refractivity contribution in [2.45, 2.75) is 25.4 Å². The maximum Gasteiger partial charge on any atom is 0.127 e. The molecule has 0 radical (unpaired) electrons. The van der Waals surface area contributed by atoms with Crippen molar-refractivity contribution in [3.05, 3.63) is 126 Å². The Labute approximate surface area is 220 Å². The fourth-order valence-electron chi connectivity index (χ4n) is 4.80. The summed E-state index contributed by atoms with van der Waals surface area (Å²) >= 11 is 0. The van der Waals surface area contributed by atoms with Gasteiger partial charge in [0.1, 0.15) is 23.7 Å². The van der Waals surface area contributed by atoms with Gasteiger partial charge in [-0.05, 0) is 66.2 Å². The van der Waals surface area contributed by atoms with Crippen LogP contribution in [0.1, 0.15) is 42.1 Å². The number of pyridine rings is 1. The zero-order valence-corrected chi connectivity index (χ0v) is 21.9. The van der Waals surface area contributed by atoms with Crippen molar-refractivity contribution in [3.63, 3.8) is 0 Å². The molecule has 37 heavy (non-hydrogen) atoms. The maximum absolute atomic E-state index is 12.8. The van der Waals surface area contributed by atoms with Gasteiger partial charge >= 0.3 is 0 Å². The molecule has 4 aromatic rings. The van der Waals surface area contributed by atoms with E-state index in [1.807, 2.05) is 97.1 Å². The molecule has 2 unspecified atom stereocenters. The smallest absolute Gasteiger partial charge is 0.127 e. The minimum atomic E-state index is -1.40. The van der Waals surface area contributed by atoms with Gasteiger partial charge < -0.3 is 19.5 Å². The molecule has 2 atom stereocenters. The van der Waals surface area contributed by atoms with Crippen LogP contribution in [-0.2, 0) is 5.60 Å². The second-order valence-corrected chi connectivity index (χ2v) is 8.99. The summed E-state index contributed by atoms with van der Waals surface area (Å²) in [5.74, 6) is 1.07. The van der Waals surface area contributed by atoms with Crippen LogP contribution >= 0.6 is 0 Å². The predicted molar refractivity (Wildman–Crippen MR) is 148 cm³/mol. The number of aliphatic hydroxyl groups is 1. The van der Waals surface area contributed by atoms with Crippen LogP contribution in [0.2, 0.25) is 0 Å². The van der Waals surface area contributed by atoms with Crippen molar-refractivity contribution in [1.82, 2.24) is 9.88 Å². The summed E-state index contributed by atoms with van der Waals surface area (Å²) < 4.78 is 11.4. The Morgan fingerprint density at radius 3 is 1.92 bits per heavy atom. The van der Waals surface area contributed by atoms with Crippen LogP contribution in [-0.4, -0.2) is 48.3 Å². The zero-order chi connectivity index (χ0) is 26.1. The van der Waals surface area contributed by atoms with Gasteiger partial charge in [-0.15, -0.1) is 0 Å². The highest BCUT2D eigenvalue weighted by Crippen LogP contribution is 2.46. The summed E-state index contributed by atoms with van der Waals surface area (Å²) in [6.07, 6.45) is 1.77. The molecular formula is C32H36N2O3. The van der Waals surface area contributed by atoms with Gasteiger partial charge in [-0.2, -0.15) is 0 Å². The second-order valence-electron chi connectivity index (χ2n) is 8.99. The summed E-state index contributed by atoms with van der Waals surface area (Å²) in [4.78, 5) is 7.01. The van der Waals surface area contributed by atoms with E-state index in [9.17, 15) is 5.11 Å². The molecule has 3 aromatic carbocycles. The number of methoxy groups -OCH3 is 1. The minimum Gasteiger partial charge on any atom is -0.497 e. The first kappa shape index (κ1) is 26.4. The van der Waals surface area contributed by atoms with Crippen molar-refractivity contribution in [3.8, 4) is 11.5 Å². The number of benzene rings is 3. The van der Waals surface area contributed by atoms with Gasteiger partial charge in [0, 0.05) is 12.7 Å². The lowest BCUT2D eigenvalue weighted by Crippen LogP contribution is -2.36. The molecule has 1 N–H and O–H groups in total. The molecule has 1 aromatic heterocycles. The second kappa shape index (κ2) is 12.5. The van der Waals surface area contributed by atoms with E-state index in [0.29, 0.717) is 6.61 Å². The largest absolute Gasteiger partial charge is 0.497 e. The first-order valence-corrected chi connectivity index (χ1v) is 12.9. The Morgan fingerprint density at radius 2 is 1.38 bits per heavy atom. The van der Waals surface area contributed by atoms with Crippen LogP contribution in [0.15, 0.2) is 103 Å². The molecular weight excluding hydrogens is 460 g/mol. The van der Waals surface area contributed by atoms with E-state index >= 15 is 0 Å². The third-order valence-corrected chi connectivity index (χ3v) is 6.93. The van der Waals surface area contributed by atoms with Crippen LogP contribution in [0.5, 0.6) is 11.5 Å². The lowest BCUT2D eigenvalue weighted by molar-refractivity contribution is 0.0611. The number of nitrogens with zero attached hydrogens (tertiary/aromatic N) is 2. The number of hydrogen-bond donors (Lipinski definition) is 1. The summed E-state index contributed by atoms with van der Waals surface area (Å²) in [5, 5.41) is 12.8. The van der Waals surface area contributed by atoms with Crippen molar-refractivity contribution >= 4 is 0 Å². The molecule has 0 saturated carbocycles. The third-order valence-electron chi connectivity index (χ3n) is 6.93. The van der Waals surface area contributed by atoms with E-state index < -0.39 is 11.5 Å². The Bertz CT molecular complexity index is 1170. The van der Waals surface area contributed by atoms with Crippen LogP contribution in [0.25, 0.3) is 0 Å². The van der Waals surface area contributed by atoms with Gasteiger partial charge in [-0.25, -0.2) is 0 Å². The molecule has 0 fully saturated rings. The monoisotopic (exact) mass is 496 g/mol. The normalized spacial score (nSPS) is 13.6. The van der Waals surface area contributed by atoms with Crippen LogP contribution in [0, 0.1) is 0 Å². The molecule has 0 saturated heterocycles. The summed E-state index contributed by atoms with van der Waals surface area (Å²) in [7, 11) is 1.64. The molecule has 0 amide bonds. The van der Waals surface area contributed by atoms with Gasteiger partial charge in [-0.3, -0.25) is 4.98 Å². The summed E-state index contributed by atoms with van der Waals surface area (Å²) in [6, 6.07) is 31.3. The van der Waals surface area contributed by atoms with Crippen molar-refractivity contribution in [2.24, 2.45) is 0 Å². The molecule has 4 rings (SSSR count). The van der Waals surface area contributed by atoms with Crippen LogP contribution in [0.4, 0.5) is 0 Å². The van der Waals surface area contributed by atoms with Gasteiger partial charge in [-0.1, -0.05) is 74.5 Å². The number of rotatable bonds is 12. The average molecular weight is 497 g/mol. The highest BCUT2D eigenvalue weighted by Gasteiger charge is 2.43. The first-order chi connectivity index (χ1) is 18.1. The van der Waals surface area contributed by atoms with Crippen molar-refractivity contribution < 1.29 is 14.6 Å². The van der Waals surface area contributed by atoms with E-state index in [1.54, 1.807) is 13.3 Å². The fraction of sp³-hybridized carbons (Fsp3) is 0.281. The van der Waals surface area contributed by atoms with Gasteiger partial charge in [0.2, 0.25) is 0 Å². The minimum absolute atomic E-state index is 0.447. The fourth-order valence-corrected chi connectivity index (χ4v) is 4.80. The van der Waals surface area contributed by atoms with E-state index in [2.05, 4.69) is 23.7 Å². The Hall–Kier alpha value is -3.67. The molecule has 0 spiro atoms. The van der Waals surface area contributed by atoms with Gasteiger partial charge in [0.25, 0.3) is 0 Å². The molecule has 0 aliphatic heterocycles. The zero-order valence-electron chi connectivity index (χ0n) is 21.9. The van der Waals surface area contributed by atoms with E-state index in [1.165, 1.54) is 0 Å². The molecule has 0 aliphatic rings. The topological polar surface area (TPSA) is 54.8 Å². The Balaban J connectivity index is 1.77. The molecule has 5 heteroatoms. The van der Waals surface area contributed by atoms with Crippen LogP contribution < -0.4 is 9.47 Å². The molecule has 0 bridgehead atoms. The lowest BCUT2D eigenvalue weighted by atomic mass is 9.71. The number of likely N-dealkylation sites (N-methyl/N-ethyl adjacent to an activating group) is 1. The molecule has 5 nitrogen and oxygen atoms in total. The van der Waals surface area contributed by atoms with Gasteiger partial charge in [0.15, 0.2) is 0 Å². The standard InChI is InChI=1S/C32H36N2O3/c1-4-34(5-2)23-24-37-29-20-16-27(17-21-29)32(35,26-14-18-28(36-3)19-15-26)31(25-11-7-6-8-12-25)30-13-9-10-22-33-30/h6-22,31,35H,4-5,23-24H2,1-3H3.